The van der Waals surface area contributed by atoms with Gasteiger partial charge in [0.15, 0.2) is 0 Å². The van der Waals surface area contributed by atoms with Crippen LogP contribution in [0.15, 0.2) is 36.7 Å². The number of rotatable bonds is 6. The minimum absolute atomic E-state index is 0.0886. The quantitative estimate of drug-likeness (QED) is 0.880. The Bertz CT molecular complexity index is 632. The van der Waals surface area contributed by atoms with Crippen molar-refractivity contribution in [3.63, 3.8) is 0 Å². The van der Waals surface area contributed by atoms with Crippen molar-refractivity contribution < 1.29 is 18.3 Å². The number of alkyl halides is 2. The fraction of sp³-hybridized carbons (Fsp3) is 0.214. The second kappa shape index (κ2) is 6.79. The number of carbonyl (C=O) groups is 1. The molecule has 0 spiro atoms. The molecule has 0 unspecified atom stereocenters. The molecule has 0 saturated heterocycles. The summed E-state index contributed by atoms with van der Waals surface area (Å²) in [6.45, 7) is -2.35. The summed E-state index contributed by atoms with van der Waals surface area (Å²) in [5, 5.41) is 0. The predicted octanol–water partition coefficient (Wildman–Crippen LogP) is 1.81. The highest BCUT2D eigenvalue weighted by Gasteiger charge is 2.08. The van der Waals surface area contributed by atoms with Gasteiger partial charge in [0.05, 0.1) is 12.4 Å². The number of ether oxygens (including phenoxy) is 1. The number of nitrogens with two attached hydrogens (primary N) is 1. The van der Waals surface area contributed by atoms with E-state index in [0.717, 1.165) is 5.56 Å². The van der Waals surface area contributed by atoms with Gasteiger partial charge in [0.1, 0.15) is 17.3 Å². The molecule has 2 N–H and O–H groups in total. The number of halogens is 2. The zero-order chi connectivity index (χ0) is 16.1. The van der Waals surface area contributed by atoms with E-state index >= 15 is 0 Å². The summed E-state index contributed by atoms with van der Waals surface area (Å²) in [5.41, 5.74) is 6.06. The van der Waals surface area contributed by atoms with Crippen LogP contribution in [0.4, 0.5) is 14.6 Å². The second-order valence-corrected chi connectivity index (χ2v) is 4.50. The van der Waals surface area contributed by atoms with Crippen LogP contribution in [0.1, 0.15) is 16.1 Å². The number of benzene rings is 1. The number of hydrogen-bond acceptors (Lipinski definition) is 5. The SMILES string of the molecule is CN(Cc1ccc(OC(F)F)cc1)c1cnc(C(N)=O)cn1. The largest absolute Gasteiger partial charge is 0.435 e. The normalized spacial score (nSPS) is 10.5. The molecule has 1 heterocycles. The first-order chi connectivity index (χ1) is 10.5. The zero-order valence-corrected chi connectivity index (χ0v) is 11.7. The maximum atomic E-state index is 12.1. The van der Waals surface area contributed by atoms with Crippen molar-refractivity contribution in [2.24, 2.45) is 5.73 Å². The summed E-state index contributed by atoms with van der Waals surface area (Å²) in [7, 11) is 1.79. The molecule has 0 saturated carbocycles. The summed E-state index contributed by atoms with van der Waals surface area (Å²) < 4.78 is 28.4. The first-order valence-corrected chi connectivity index (χ1v) is 6.32. The number of aromatic nitrogens is 2. The molecular formula is C14H14F2N4O2. The summed E-state index contributed by atoms with van der Waals surface area (Å²) in [6.07, 6.45) is 2.74. The number of carbonyl (C=O) groups excluding carboxylic acids is 1. The van der Waals surface area contributed by atoms with Gasteiger partial charge in [0.2, 0.25) is 0 Å². The highest BCUT2D eigenvalue weighted by Crippen LogP contribution is 2.17. The maximum absolute atomic E-state index is 12.1. The molecule has 0 fully saturated rings. The van der Waals surface area contributed by atoms with E-state index in [1.165, 1.54) is 24.5 Å². The van der Waals surface area contributed by atoms with E-state index in [4.69, 9.17) is 5.73 Å². The van der Waals surface area contributed by atoms with Gasteiger partial charge in [0, 0.05) is 13.6 Å². The number of anilines is 1. The lowest BCUT2D eigenvalue weighted by molar-refractivity contribution is -0.0498. The molecule has 8 heteroatoms. The van der Waals surface area contributed by atoms with Crippen molar-refractivity contribution in [1.82, 2.24) is 9.97 Å². The van der Waals surface area contributed by atoms with E-state index in [1.807, 2.05) is 0 Å². The van der Waals surface area contributed by atoms with Crippen LogP contribution in [-0.2, 0) is 6.54 Å². The third-order valence-corrected chi connectivity index (χ3v) is 2.85. The van der Waals surface area contributed by atoms with Crippen molar-refractivity contribution >= 4 is 11.7 Å². The number of nitrogens with zero attached hydrogens (tertiary/aromatic N) is 3. The van der Waals surface area contributed by atoms with Gasteiger partial charge in [-0.1, -0.05) is 12.1 Å². The van der Waals surface area contributed by atoms with E-state index < -0.39 is 12.5 Å². The Morgan fingerprint density at radius 3 is 2.45 bits per heavy atom. The molecule has 116 valence electrons. The molecule has 0 atom stereocenters. The van der Waals surface area contributed by atoms with E-state index in [2.05, 4.69) is 14.7 Å². The smallest absolute Gasteiger partial charge is 0.387 e. The molecule has 0 aliphatic heterocycles. The van der Waals surface area contributed by atoms with Gasteiger partial charge in [-0.25, -0.2) is 9.97 Å². The van der Waals surface area contributed by atoms with Crippen LogP contribution in [-0.4, -0.2) is 29.5 Å². The number of hydrogen-bond donors (Lipinski definition) is 1. The number of amides is 1. The molecule has 0 bridgehead atoms. The van der Waals surface area contributed by atoms with Gasteiger partial charge in [-0.2, -0.15) is 8.78 Å². The van der Waals surface area contributed by atoms with Gasteiger partial charge >= 0.3 is 6.61 Å². The third kappa shape index (κ3) is 4.11. The average Bonchev–Trinajstić information content (AvgIpc) is 2.49. The molecule has 2 rings (SSSR count). The van der Waals surface area contributed by atoms with Crippen molar-refractivity contribution in [2.45, 2.75) is 13.2 Å². The standard InChI is InChI=1S/C14H14F2N4O2/c1-20(12-7-18-11(6-19-12)13(17)21)8-9-2-4-10(5-3-9)22-14(15)16/h2-7,14H,8H2,1H3,(H2,17,21). The molecule has 0 aliphatic carbocycles. The van der Waals surface area contributed by atoms with E-state index in [1.54, 1.807) is 24.1 Å². The Hall–Kier alpha value is -2.77. The predicted molar refractivity (Wildman–Crippen MR) is 75.7 cm³/mol. The van der Waals surface area contributed by atoms with Crippen molar-refractivity contribution in [3.05, 3.63) is 47.9 Å². The van der Waals surface area contributed by atoms with Crippen LogP contribution >= 0.6 is 0 Å². The number of primary amides is 1. The van der Waals surface area contributed by atoms with Crippen molar-refractivity contribution in [1.29, 1.82) is 0 Å². The fourth-order valence-corrected chi connectivity index (χ4v) is 1.78. The Balaban J connectivity index is 2.01. The first kappa shape index (κ1) is 15.6. The summed E-state index contributed by atoms with van der Waals surface area (Å²) in [5.74, 6) is 0.0150. The minimum atomic E-state index is -2.84. The molecule has 2 aromatic rings. The third-order valence-electron chi connectivity index (χ3n) is 2.85. The average molecular weight is 308 g/mol. The summed E-state index contributed by atoms with van der Waals surface area (Å²) in [4.78, 5) is 20.7. The molecule has 1 aromatic carbocycles. The van der Waals surface area contributed by atoms with Crippen LogP contribution in [0.2, 0.25) is 0 Å². The van der Waals surface area contributed by atoms with Crippen LogP contribution in [0.25, 0.3) is 0 Å². The van der Waals surface area contributed by atoms with Crippen molar-refractivity contribution in [2.75, 3.05) is 11.9 Å². The maximum Gasteiger partial charge on any atom is 0.387 e. The Morgan fingerprint density at radius 1 is 1.27 bits per heavy atom. The zero-order valence-electron chi connectivity index (χ0n) is 11.7. The summed E-state index contributed by atoms with van der Waals surface area (Å²) >= 11 is 0. The van der Waals surface area contributed by atoms with Crippen LogP contribution < -0.4 is 15.4 Å². The lowest BCUT2D eigenvalue weighted by atomic mass is 10.2. The van der Waals surface area contributed by atoms with E-state index in [-0.39, 0.29) is 11.4 Å². The molecule has 0 radical (unpaired) electrons. The van der Waals surface area contributed by atoms with Gasteiger partial charge in [-0.3, -0.25) is 4.79 Å². The van der Waals surface area contributed by atoms with Crippen LogP contribution in [0, 0.1) is 0 Å². The Morgan fingerprint density at radius 2 is 1.95 bits per heavy atom. The fourth-order valence-electron chi connectivity index (χ4n) is 1.78. The highest BCUT2D eigenvalue weighted by atomic mass is 19.3. The van der Waals surface area contributed by atoms with Crippen LogP contribution in [0.3, 0.4) is 0 Å². The van der Waals surface area contributed by atoms with E-state index in [9.17, 15) is 13.6 Å². The van der Waals surface area contributed by atoms with Gasteiger partial charge in [0.25, 0.3) is 5.91 Å². The molecule has 1 aromatic heterocycles. The molecule has 6 nitrogen and oxygen atoms in total. The first-order valence-electron chi connectivity index (χ1n) is 6.32. The minimum Gasteiger partial charge on any atom is -0.435 e. The summed E-state index contributed by atoms with van der Waals surface area (Å²) in [6, 6.07) is 6.30. The van der Waals surface area contributed by atoms with Gasteiger partial charge in [-0.15, -0.1) is 0 Å². The Kier molecular flexibility index (Phi) is 4.82. The molecule has 22 heavy (non-hydrogen) atoms. The topological polar surface area (TPSA) is 81.3 Å². The highest BCUT2D eigenvalue weighted by molar-refractivity contribution is 5.90. The van der Waals surface area contributed by atoms with Gasteiger partial charge < -0.3 is 15.4 Å². The molecular weight excluding hydrogens is 294 g/mol. The van der Waals surface area contributed by atoms with E-state index in [0.29, 0.717) is 12.4 Å². The molecule has 0 aliphatic rings. The monoisotopic (exact) mass is 308 g/mol. The van der Waals surface area contributed by atoms with Crippen molar-refractivity contribution in [3.8, 4) is 5.75 Å². The lowest BCUT2D eigenvalue weighted by Gasteiger charge is -2.18. The van der Waals surface area contributed by atoms with Gasteiger partial charge in [-0.05, 0) is 17.7 Å². The lowest BCUT2D eigenvalue weighted by Crippen LogP contribution is -2.19. The Labute approximate surface area is 125 Å². The second-order valence-electron chi connectivity index (χ2n) is 4.50. The van der Waals surface area contributed by atoms with Crippen LogP contribution in [0.5, 0.6) is 5.75 Å². The molecule has 1 amide bonds.